The smallest absolute Gasteiger partial charge is 0.165 e. The lowest BCUT2D eigenvalue weighted by molar-refractivity contribution is 0.669. The molecule has 0 N–H and O–H groups in total. The Balaban J connectivity index is 1.42. The van der Waals surface area contributed by atoms with Gasteiger partial charge in [-0.1, -0.05) is 66.7 Å². The number of para-hydroxylation sites is 3. The number of benzene rings is 5. The normalized spacial score (nSPS) is 12.4. The number of aromatic nitrogens is 3. The molecule has 9 aromatic rings. The molecule has 5 aromatic carbocycles. The number of fused-ring (bicyclic) bond motifs is 10. The second-order valence-electron chi connectivity index (χ2n) is 9.47. The molecule has 36 heavy (non-hydrogen) atoms. The van der Waals surface area contributed by atoms with Crippen molar-refractivity contribution in [2.75, 3.05) is 0 Å². The van der Waals surface area contributed by atoms with Crippen molar-refractivity contribution in [1.29, 1.82) is 0 Å². The van der Waals surface area contributed by atoms with Crippen molar-refractivity contribution < 1.29 is 4.42 Å². The predicted molar refractivity (Wildman–Crippen MR) is 147 cm³/mol. The van der Waals surface area contributed by atoms with Gasteiger partial charge in [0.2, 0.25) is 0 Å². The van der Waals surface area contributed by atoms with Gasteiger partial charge in [0, 0.05) is 26.9 Å². The van der Waals surface area contributed by atoms with E-state index in [-0.39, 0.29) is 0 Å². The van der Waals surface area contributed by atoms with E-state index in [2.05, 4.69) is 77.2 Å². The van der Waals surface area contributed by atoms with Gasteiger partial charge in [-0.3, -0.25) is 4.40 Å². The molecular weight excluding hydrogens is 442 g/mol. The van der Waals surface area contributed by atoms with E-state index in [0.29, 0.717) is 0 Å². The fourth-order valence-electron chi connectivity index (χ4n) is 5.88. The van der Waals surface area contributed by atoms with Crippen LogP contribution in [0.25, 0.3) is 82.5 Å². The van der Waals surface area contributed by atoms with E-state index in [9.17, 15) is 0 Å². The van der Waals surface area contributed by atoms with E-state index in [1.165, 1.54) is 21.9 Å². The third-order valence-electron chi connectivity index (χ3n) is 7.51. The van der Waals surface area contributed by atoms with Gasteiger partial charge in [0.05, 0.1) is 22.1 Å². The van der Waals surface area contributed by atoms with Crippen molar-refractivity contribution >= 4 is 71.3 Å². The number of hydrogen-bond donors (Lipinski definition) is 0. The van der Waals surface area contributed by atoms with Gasteiger partial charge in [-0.05, 0) is 47.5 Å². The third kappa shape index (κ3) is 2.24. The zero-order chi connectivity index (χ0) is 23.4. The molecule has 0 bridgehead atoms. The van der Waals surface area contributed by atoms with Gasteiger partial charge in [-0.15, -0.1) is 0 Å². The molecule has 0 aliphatic rings. The minimum atomic E-state index is 0.897. The van der Waals surface area contributed by atoms with Crippen LogP contribution in [0.1, 0.15) is 0 Å². The summed E-state index contributed by atoms with van der Waals surface area (Å²) in [6.45, 7) is 0. The van der Waals surface area contributed by atoms with E-state index in [4.69, 9.17) is 14.4 Å². The Bertz CT molecular complexity index is 2310. The Labute approximate surface area is 204 Å². The fourth-order valence-corrected chi connectivity index (χ4v) is 5.88. The van der Waals surface area contributed by atoms with Crippen molar-refractivity contribution in [3.05, 3.63) is 103 Å². The first kappa shape index (κ1) is 18.4. The number of nitrogens with zero attached hydrogens (tertiary/aromatic N) is 3. The Kier molecular flexibility index (Phi) is 3.25. The summed E-state index contributed by atoms with van der Waals surface area (Å²) in [4.78, 5) is 10.1. The van der Waals surface area contributed by atoms with E-state index in [1.807, 2.05) is 30.3 Å². The monoisotopic (exact) mass is 459 g/mol. The van der Waals surface area contributed by atoms with Crippen LogP contribution in [-0.2, 0) is 0 Å². The molecule has 4 nitrogen and oxygen atoms in total. The molecule has 4 aromatic heterocycles. The molecule has 0 fully saturated rings. The highest BCUT2D eigenvalue weighted by Crippen LogP contribution is 2.41. The van der Waals surface area contributed by atoms with E-state index in [0.717, 1.165) is 60.6 Å². The first-order valence-electron chi connectivity index (χ1n) is 12.1. The lowest BCUT2D eigenvalue weighted by Gasteiger charge is -2.01. The molecule has 0 aliphatic carbocycles. The Hall–Kier alpha value is -4.96. The minimum absolute atomic E-state index is 0.897. The first-order valence-corrected chi connectivity index (χ1v) is 12.1. The van der Waals surface area contributed by atoms with Crippen LogP contribution in [0.2, 0.25) is 0 Å². The molecule has 0 saturated carbocycles. The second-order valence-corrected chi connectivity index (χ2v) is 9.47. The van der Waals surface area contributed by atoms with Gasteiger partial charge in [-0.25, -0.2) is 9.97 Å². The Morgan fingerprint density at radius 1 is 0.528 bits per heavy atom. The second kappa shape index (κ2) is 6.37. The van der Waals surface area contributed by atoms with Crippen molar-refractivity contribution in [3.63, 3.8) is 0 Å². The quantitative estimate of drug-likeness (QED) is 0.248. The average molecular weight is 460 g/mol. The zero-order valence-electron chi connectivity index (χ0n) is 19.1. The van der Waals surface area contributed by atoms with Gasteiger partial charge in [0.25, 0.3) is 0 Å². The molecule has 0 atom stereocenters. The summed E-state index contributed by atoms with van der Waals surface area (Å²) in [5, 5.41) is 5.72. The van der Waals surface area contributed by atoms with Crippen molar-refractivity contribution in [3.8, 4) is 11.1 Å². The molecule has 4 heteroatoms. The summed E-state index contributed by atoms with van der Waals surface area (Å²) in [5.74, 6) is 0. The molecule has 4 heterocycles. The highest BCUT2D eigenvalue weighted by Gasteiger charge is 2.21. The molecule has 0 aliphatic heterocycles. The van der Waals surface area contributed by atoms with Crippen LogP contribution in [0.3, 0.4) is 0 Å². The van der Waals surface area contributed by atoms with Crippen LogP contribution in [0.4, 0.5) is 0 Å². The van der Waals surface area contributed by atoms with Crippen molar-refractivity contribution in [2.45, 2.75) is 0 Å². The molecule has 0 amide bonds. The Morgan fingerprint density at radius 2 is 1.31 bits per heavy atom. The molecule has 166 valence electrons. The van der Waals surface area contributed by atoms with Crippen LogP contribution in [-0.4, -0.2) is 14.4 Å². The molecule has 0 saturated heterocycles. The summed E-state index contributed by atoms with van der Waals surface area (Å²) in [6, 6.07) is 35.9. The van der Waals surface area contributed by atoms with E-state index >= 15 is 0 Å². The van der Waals surface area contributed by atoms with Crippen molar-refractivity contribution in [1.82, 2.24) is 14.4 Å². The highest BCUT2D eigenvalue weighted by atomic mass is 16.3. The summed E-state index contributed by atoms with van der Waals surface area (Å²) in [6.07, 6.45) is 0. The highest BCUT2D eigenvalue weighted by molar-refractivity contribution is 6.24. The number of rotatable bonds is 1. The lowest BCUT2D eigenvalue weighted by atomic mass is 10.0. The molecule has 0 spiro atoms. The van der Waals surface area contributed by atoms with E-state index in [1.54, 1.807) is 0 Å². The average Bonchev–Trinajstić information content (AvgIpc) is 3.56. The topological polar surface area (TPSA) is 43.3 Å². The van der Waals surface area contributed by atoms with Crippen LogP contribution in [0.15, 0.2) is 108 Å². The van der Waals surface area contributed by atoms with Crippen LogP contribution in [0.5, 0.6) is 0 Å². The van der Waals surface area contributed by atoms with Gasteiger partial charge < -0.3 is 4.42 Å². The maximum Gasteiger partial charge on any atom is 0.165 e. The molecule has 0 radical (unpaired) electrons. The molecule has 9 rings (SSSR count). The number of hydrogen-bond acceptors (Lipinski definition) is 3. The third-order valence-corrected chi connectivity index (χ3v) is 7.51. The lowest BCUT2D eigenvalue weighted by Crippen LogP contribution is -1.88. The van der Waals surface area contributed by atoms with Gasteiger partial charge in [-0.2, -0.15) is 0 Å². The Morgan fingerprint density at radius 3 is 2.19 bits per heavy atom. The fraction of sp³-hybridized carbons (Fsp3) is 0. The number of furan rings is 1. The van der Waals surface area contributed by atoms with Crippen LogP contribution < -0.4 is 0 Å². The van der Waals surface area contributed by atoms with Gasteiger partial charge in [0.1, 0.15) is 16.7 Å². The van der Waals surface area contributed by atoms with Crippen molar-refractivity contribution in [2.24, 2.45) is 0 Å². The predicted octanol–water partition coefficient (Wildman–Crippen LogP) is 8.35. The standard InChI is InChI=1S/C32H17N3O/c1-2-7-18(8-3-1)19-13-14-20-24-16-27-23(17-29(24)36-28(20)15-19)21-9-6-10-22-30-32(35(27)31(21)22)34-26-12-5-4-11-25(26)33-30/h1-17H. The summed E-state index contributed by atoms with van der Waals surface area (Å²) >= 11 is 0. The molecular formula is C32H17N3O. The SMILES string of the molecule is c1ccc(-c2ccc3c(c2)oc2cc4c5cccc6c7nc8ccccc8nc7n(c4cc23)c56)cc1. The summed E-state index contributed by atoms with van der Waals surface area (Å²) in [7, 11) is 0. The van der Waals surface area contributed by atoms with Crippen LogP contribution in [0, 0.1) is 0 Å². The maximum atomic E-state index is 6.42. The largest absolute Gasteiger partial charge is 0.456 e. The van der Waals surface area contributed by atoms with Gasteiger partial charge >= 0.3 is 0 Å². The zero-order valence-corrected chi connectivity index (χ0v) is 19.1. The summed E-state index contributed by atoms with van der Waals surface area (Å²) < 4.78 is 8.70. The van der Waals surface area contributed by atoms with E-state index < -0.39 is 0 Å². The van der Waals surface area contributed by atoms with Gasteiger partial charge in [0.15, 0.2) is 5.65 Å². The molecule has 0 unspecified atom stereocenters. The first-order chi connectivity index (χ1) is 17.8. The summed E-state index contributed by atoms with van der Waals surface area (Å²) in [5.41, 5.74) is 10.1. The maximum absolute atomic E-state index is 6.42. The van der Waals surface area contributed by atoms with Crippen LogP contribution >= 0.6 is 0 Å². The minimum Gasteiger partial charge on any atom is -0.456 e.